The van der Waals surface area contributed by atoms with Crippen molar-refractivity contribution in [3.8, 4) is 28.2 Å². The number of hydrogen-bond donors (Lipinski definition) is 0. The van der Waals surface area contributed by atoms with Crippen LogP contribution in [-0.2, 0) is 0 Å². The first kappa shape index (κ1) is 25.6. The lowest BCUT2D eigenvalue weighted by Crippen LogP contribution is -2.09. The van der Waals surface area contributed by atoms with E-state index in [0.29, 0.717) is 11.8 Å². The monoisotopic (exact) mass is 552 g/mol. The minimum absolute atomic E-state index is 0.305. The number of benzene rings is 3. The molecule has 0 bridgehead atoms. The van der Waals surface area contributed by atoms with E-state index in [0.717, 1.165) is 27.3 Å². The average Bonchev–Trinajstić information content (AvgIpc) is 3.56. The first-order valence-corrected chi connectivity index (χ1v) is 15.1. The summed E-state index contributed by atoms with van der Waals surface area (Å²) in [6, 6.07) is 26.1. The predicted octanol–water partition coefficient (Wildman–Crippen LogP) is 10.1. The lowest BCUT2D eigenvalue weighted by atomic mass is 9.88. The Labute approximate surface area is 244 Å². The van der Waals surface area contributed by atoms with E-state index in [1.807, 2.05) is 30.7 Å². The van der Waals surface area contributed by atoms with E-state index in [1.165, 1.54) is 49.0 Å². The number of thiophene rings is 1. The van der Waals surface area contributed by atoms with E-state index in [4.69, 9.17) is 9.97 Å². The number of fused-ring (bicyclic) bond motifs is 4. The highest BCUT2D eigenvalue weighted by Gasteiger charge is 2.25. The topological polar surface area (TPSA) is 43.6 Å². The third kappa shape index (κ3) is 4.15. The molecule has 0 saturated carbocycles. The molecule has 0 saturated heterocycles. The number of rotatable bonds is 5. The smallest absolute Gasteiger partial charge is 0.147 e. The van der Waals surface area contributed by atoms with Crippen LogP contribution in [0.15, 0.2) is 91.4 Å². The largest absolute Gasteiger partial charge is 0.290 e. The summed E-state index contributed by atoms with van der Waals surface area (Å²) in [5, 5.41) is 2.47. The average molecular weight is 553 g/mol. The van der Waals surface area contributed by atoms with Crippen molar-refractivity contribution in [3.63, 3.8) is 0 Å². The highest BCUT2D eigenvalue weighted by atomic mass is 32.1. The Morgan fingerprint density at radius 3 is 2.27 bits per heavy atom. The molecule has 0 aliphatic carbocycles. The maximum absolute atomic E-state index is 5.30. The summed E-state index contributed by atoms with van der Waals surface area (Å²) < 4.78 is 3.60. The van der Waals surface area contributed by atoms with Crippen molar-refractivity contribution < 1.29 is 0 Å². The second kappa shape index (κ2) is 9.93. The molecule has 0 amide bonds. The van der Waals surface area contributed by atoms with Gasteiger partial charge in [0, 0.05) is 33.4 Å². The maximum atomic E-state index is 5.30. The van der Waals surface area contributed by atoms with Gasteiger partial charge in [0.15, 0.2) is 0 Å². The number of aryl methyl sites for hydroxylation is 1. The molecule has 0 N–H and O–H groups in total. The molecule has 41 heavy (non-hydrogen) atoms. The quantitative estimate of drug-likeness (QED) is 0.213. The van der Waals surface area contributed by atoms with Gasteiger partial charge in [0.1, 0.15) is 10.7 Å². The summed E-state index contributed by atoms with van der Waals surface area (Å²) in [7, 11) is 0. The van der Waals surface area contributed by atoms with Crippen LogP contribution in [-0.4, -0.2) is 19.5 Å². The summed E-state index contributed by atoms with van der Waals surface area (Å²) in [4.78, 5) is 15.6. The van der Waals surface area contributed by atoms with Crippen LogP contribution in [0.3, 0.4) is 0 Å². The molecular formula is C36H32N4S. The zero-order chi connectivity index (χ0) is 28.2. The standard InChI is InChI=1S/C36H32N4S/c1-21(2)28-18-25(24-10-7-6-8-11-24)19-29(22(3)4)33(28)40-31-20-37-17-15-30(31)39-35(40)27-14-13-23(5)32-26-12-9-16-38-36(26)41-34(27)32/h6-22H,1-5H3. The summed E-state index contributed by atoms with van der Waals surface area (Å²) in [5.41, 5.74) is 10.7. The molecule has 4 nitrogen and oxygen atoms in total. The molecule has 3 aromatic carbocycles. The van der Waals surface area contributed by atoms with Crippen molar-refractivity contribution in [1.29, 1.82) is 0 Å². The van der Waals surface area contributed by atoms with E-state index in [2.05, 4.69) is 105 Å². The lowest BCUT2D eigenvalue weighted by Gasteiger charge is -2.24. The summed E-state index contributed by atoms with van der Waals surface area (Å²) in [6.45, 7) is 11.3. The van der Waals surface area contributed by atoms with Crippen molar-refractivity contribution in [2.24, 2.45) is 0 Å². The zero-order valence-electron chi connectivity index (χ0n) is 24.0. The third-order valence-corrected chi connectivity index (χ3v) is 9.19. The van der Waals surface area contributed by atoms with E-state index < -0.39 is 0 Å². The molecule has 0 radical (unpaired) electrons. The number of aromatic nitrogens is 4. The molecule has 0 atom stereocenters. The SMILES string of the molecule is Cc1ccc(-c2nc3ccncc3n2-c2c(C(C)C)cc(-c3ccccc3)cc2C(C)C)c2sc3ncccc3c12. The first-order valence-electron chi connectivity index (χ1n) is 14.3. The molecule has 0 aliphatic rings. The van der Waals surface area contributed by atoms with Crippen molar-refractivity contribution >= 4 is 42.7 Å². The fourth-order valence-electron chi connectivity index (χ4n) is 6.00. The first-order chi connectivity index (χ1) is 19.9. The molecule has 0 unspecified atom stereocenters. The Morgan fingerprint density at radius 2 is 1.54 bits per heavy atom. The van der Waals surface area contributed by atoms with Crippen LogP contribution in [0, 0.1) is 6.92 Å². The second-order valence-electron chi connectivity index (χ2n) is 11.4. The van der Waals surface area contributed by atoms with Gasteiger partial charge in [-0.15, -0.1) is 11.3 Å². The molecule has 0 fully saturated rings. The van der Waals surface area contributed by atoms with Crippen LogP contribution in [0.4, 0.5) is 0 Å². The molecule has 0 spiro atoms. The predicted molar refractivity (Wildman–Crippen MR) is 173 cm³/mol. The Bertz CT molecular complexity index is 2040. The molecule has 202 valence electrons. The van der Waals surface area contributed by atoms with Gasteiger partial charge in [-0.2, -0.15) is 0 Å². The van der Waals surface area contributed by atoms with Gasteiger partial charge in [-0.25, -0.2) is 9.97 Å². The molecular weight excluding hydrogens is 520 g/mol. The van der Waals surface area contributed by atoms with Crippen LogP contribution >= 0.6 is 11.3 Å². The van der Waals surface area contributed by atoms with E-state index in [9.17, 15) is 0 Å². The van der Waals surface area contributed by atoms with Crippen molar-refractivity contribution in [2.45, 2.75) is 46.5 Å². The van der Waals surface area contributed by atoms with E-state index in [-0.39, 0.29) is 0 Å². The normalized spacial score (nSPS) is 12.0. The van der Waals surface area contributed by atoms with Gasteiger partial charge in [-0.3, -0.25) is 9.55 Å². The zero-order valence-corrected chi connectivity index (χ0v) is 24.8. The highest BCUT2D eigenvalue weighted by molar-refractivity contribution is 7.26. The Balaban J connectivity index is 1.61. The van der Waals surface area contributed by atoms with Crippen LogP contribution in [0.1, 0.15) is 56.2 Å². The Kier molecular flexibility index (Phi) is 6.20. The van der Waals surface area contributed by atoms with E-state index >= 15 is 0 Å². The summed E-state index contributed by atoms with van der Waals surface area (Å²) >= 11 is 1.75. The van der Waals surface area contributed by atoms with Gasteiger partial charge in [0.25, 0.3) is 0 Å². The Hall–Kier alpha value is -4.35. The summed E-state index contributed by atoms with van der Waals surface area (Å²) in [5.74, 6) is 1.56. The fourth-order valence-corrected chi connectivity index (χ4v) is 7.23. The minimum atomic E-state index is 0.305. The molecule has 4 aromatic heterocycles. The fraction of sp³-hybridized carbons (Fsp3) is 0.194. The number of nitrogens with zero attached hydrogens (tertiary/aromatic N) is 4. The number of pyridine rings is 2. The van der Waals surface area contributed by atoms with Crippen LogP contribution in [0.5, 0.6) is 0 Å². The van der Waals surface area contributed by atoms with Gasteiger partial charge < -0.3 is 0 Å². The Morgan fingerprint density at radius 1 is 0.780 bits per heavy atom. The van der Waals surface area contributed by atoms with Crippen molar-refractivity contribution in [3.05, 3.63) is 108 Å². The second-order valence-corrected chi connectivity index (χ2v) is 12.4. The lowest BCUT2D eigenvalue weighted by molar-refractivity contribution is 0.811. The number of hydrogen-bond acceptors (Lipinski definition) is 4. The van der Waals surface area contributed by atoms with Crippen LogP contribution in [0.25, 0.3) is 59.5 Å². The van der Waals surface area contributed by atoms with Crippen LogP contribution in [0.2, 0.25) is 0 Å². The van der Waals surface area contributed by atoms with Gasteiger partial charge in [0.2, 0.25) is 0 Å². The van der Waals surface area contributed by atoms with Gasteiger partial charge in [0.05, 0.1) is 22.9 Å². The van der Waals surface area contributed by atoms with Gasteiger partial charge in [-0.05, 0) is 83.0 Å². The van der Waals surface area contributed by atoms with Crippen molar-refractivity contribution in [2.75, 3.05) is 0 Å². The third-order valence-electron chi connectivity index (χ3n) is 8.05. The van der Waals surface area contributed by atoms with Crippen LogP contribution < -0.4 is 0 Å². The maximum Gasteiger partial charge on any atom is 0.147 e. The van der Waals surface area contributed by atoms with E-state index in [1.54, 1.807) is 11.3 Å². The molecule has 4 heterocycles. The highest BCUT2D eigenvalue weighted by Crippen LogP contribution is 2.44. The molecule has 0 aliphatic heterocycles. The van der Waals surface area contributed by atoms with Gasteiger partial charge >= 0.3 is 0 Å². The summed E-state index contributed by atoms with van der Waals surface area (Å²) in [6.07, 6.45) is 5.68. The molecule has 7 aromatic rings. The molecule has 7 rings (SSSR count). The minimum Gasteiger partial charge on any atom is -0.290 e. The van der Waals surface area contributed by atoms with Crippen molar-refractivity contribution in [1.82, 2.24) is 19.5 Å². The van der Waals surface area contributed by atoms with Gasteiger partial charge in [-0.1, -0.05) is 64.1 Å². The molecule has 5 heteroatoms. The number of imidazole rings is 1.